The number of ether oxygens (including phenoxy) is 1. The fourth-order valence-corrected chi connectivity index (χ4v) is 2.79. The topological polar surface area (TPSA) is 48.3 Å². The van der Waals surface area contributed by atoms with E-state index in [9.17, 15) is 14.0 Å². The lowest BCUT2D eigenvalue weighted by molar-refractivity contribution is 0.0524. The average molecular weight is 333 g/mol. The predicted octanol–water partition coefficient (Wildman–Crippen LogP) is 4.29. The number of aromatic nitrogens is 1. The van der Waals surface area contributed by atoms with Crippen LogP contribution in [0.4, 0.5) is 4.39 Å². The lowest BCUT2D eigenvalue weighted by Crippen LogP contribution is -2.21. The van der Waals surface area contributed by atoms with Gasteiger partial charge in [0.1, 0.15) is 11.4 Å². The SMILES string of the molecule is CCCCCCCn1cc(C(=O)OCC)c(=O)c2cc(F)ccc21. The number of hydrogen-bond donors (Lipinski definition) is 0. The summed E-state index contributed by atoms with van der Waals surface area (Å²) in [5, 5.41) is 0.217. The highest BCUT2D eigenvalue weighted by Gasteiger charge is 2.16. The van der Waals surface area contributed by atoms with Crippen molar-refractivity contribution in [1.82, 2.24) is 4.57 Å². The Kier molecular flexibility index (Phi) is 6.53. The van der Waals surface area contributed by atoms with Crippen LogP contribution in [0.5, 0.6) is 0 Å². The normalized spacial score (nSPS) is 11.0. The fourth-order valence-electron chi connectivity index (χ4n) is 2.79. The smallest absolute Gasteiger partial charge is 0.343 e. The molecule has 130 valence electrons. The highest BCUT2D eigenvalue weighted by Crippen LogP contribution is 2.16. The maximum Gasteiger partial charge on any atom is 0.343 e. The summed E-state index contributed by atoms with van der Waals surface area (Å²) in [7, 11) is 0. The van der Waals surface area contributed by atoms with Crippen LogP contribution in [0.25, 0.3) is 10.9 Å². The largest absolute Gasteiger partial charge is 0.462 e. The monoisotopic (exact) mass is 333 g/mol. The zero-order valence-electron chi connectivity index (χ0n) is 14.3. The van der Waals surface area contributed by atoms with Gasteiger partial charge >= 0.3 is 5.97 Å². The quantitative estimate of drug-likeness (QED) is 0.535. The molecule has 4 nitrogen and oxygen atoms in total. The molecule has 2 rings (SSSR count). The van der Waals surface area contributed by atoms with Crippen LogP contribution in [0.3, 0.4) is 0 Å². The molecule has 0 atom stereocenters. The zero-order valence-corrected chi connectivity index (χ0v) is 14.3. The van der Waals surface area contributed by atoms with E-state index in [1.54, 1.807) is 19.2 Å². The number of unbranched alkanes of at least 4 members (excludes halogenated alkanes) is 4. The van der Waals surface area contributed by atoms with E-state index in [1.165, 1.54) is 25.0 Å². The molecule has 0 fully saturated rings. The number of rotatable bonds is 8. The second-order valence-corrected chi connectivity index (χ2v) is 5.86. The van der Waals surface area contributed by atoms with E-state index < -0.39 is 17.2 Å². The van der Waals surface area contributed by atoms with E-state index in [2.05, 4.69) is 6.92 Å². The molecule has 0 spiro atoms. The zero-order chi connectivity index (χ0) is 17.5. The molecule has 1 heterocycles. The Labute approximate surface area is 141 Å². The molecule has 1 aromatic carbocycles. The molecule has 0 aliphatic rings. The van der Waals surface area contributed by atoms with Crippen LogP contribution < -0.4 is 5.43 Å². The van der Waals surface area contributed by atoms with Crippen LogP contribution in [-0.2, 0) is 11.3 Å². The standard InChI is InChI=1S/C19H24FNO3/c1-3-5-6-7-8-11-21-13-16(19(23)24-4-2)18(22)15-12-14(20)9-10-17(15)21/h9-10,12-13H,3-8,11H2,1-2H3. The number of aryl methyl sites for hydroxylation is 1. The molecule has 0 saturated heterocycles. The summed E-state index contributed by atoms with van der Waals surface area (Å²) < 4.78 is 20.4. The summed E-state index contributed by atoms with van der Waals surface area (Å²) in [6.45, 7) is 4.72. The summed E-state index contributed by atoms with van der Waals surface area (Å²) in [6.07, 6.45) is 7.10. The van der Waals surface area contributed by atoms with Crippen LogP contribution in [-0.4, -0.2) is 17.1 Å². The van der Waals surface area contributed by atoms with Crippen LogP contribution in [0, 0.1) is 5.82 Å². The third-order valence-corrected chi connectivity index (χ3v) is 4.04. The van der Waals surface area contributed by atoms with Gasteiger partial charge in [-0.25, -0.2) is 9.18 Å². The van der Waals surface area contributed by atoms with Crippen molar-refractivity contribution in [1.29, 1.82) is 0 Å². The molecule has 0 N–H and O–H groups in total. The number of benzene rings is 1. The minimum atomic E-state index is -0.659. The van der Waals surface area contributed by atoms with Crippen molar-refractivity contribution < 1.29 is 13.9 Å². The van der Waals surface area contributed by atoms with Gasteiger partial charge in [0.2, 0.25) is 5.43 Å². The molecule has 1 aromatic heterocycles. The number of carbonyl (C=O) groups is 1. The van der Waals surface area contributed by atoms with Gasteiger partial charge in [0.05, 0.1) is 12.1 Å². The molecule has 0 aliphatic heterocycles. The molecule has 0 amide bonds. The second kappa shape index (κ2) is 8.62. The van der Waals surface area contributed by atoms with E-state index in [-0.39, 0.29) is 17.6 Å². The highest BCUT2D eigenvalue weighted by molar-refractivity contribution is 5.93. The third-order valence-electron chi connectivity index (χ3n) is 4.04. The predicted molar refractivity (Wildman–Crippen MR) is 92.9 cm³/mol. The Morgan fingerprint density at radius 2 is 1.92 bits per heavy atom. The van der Waals surface area contributed by atoms with E-state index in [0.717, 1.165) is 19.3 Å². The molecule has 0 aliphatic carbocycles. The first kappa shape index (κ1) is 18.2. The van der Waals surface area contributed by atoms with Gasteiger partial charge in [0, 0.05) is 18.1 Å². The maximum absolute atomic E-state index is 13.6. The van der Waals surface area contributed by atoms with Gasteiger partial charge in [-0.05, 0) is 31.5 Å². The number of nitrogens with zero attached hydrogens (tertiary/aromatic N) is 1. The average Bonchev–Trinajstić information content (AvgIpc) is 2.56. The van der Waals surface area contributed by atoms with Crippen molar-refractivity contribution in [2.45, 2.75) is 52.5 Å². The molecular formula is C19H24FNO3. The molecule has 0 bridgehead atoms. The van der Waals surface area contributed by atoms with Gasteiger partial charge in [-0.2, -0.15) is 0 Å². The lowest BCUT2D eigenvalue weighted by atomic mass is 10.1. The van der Waals surface area contributed by atoms with Gasteiger partial charge in [0.15, 0.2) is 0 Å². The van der Waals surface area contributed by atoms with Crippen LogP contribution >= 0.6 is 0 Å². The molecule has 5 heteroatoms. The first-order chi connectivity index (χ1) is 11.6. The minimum Gasteiger partial charge on any atom is -0.462 e. The van der Waals surface area contributed by atoms with Crippen molar-refractivity contribution in [3.05, 3.63) is 46.0 Å². The first-order valence-corrected chi connectivity index (χ1v) is 8.58. The second-order valence-electron chi connectivity index (χ2n) is 5.86. The van der Waals surface area contributed by atoms with Crippen LogP contribution in [0.1, 0.15) is 56.3 Å². The number of pyridine rings is 1. The Hall–Kier alpha value is -2.17. The van der Waals surface area contributed by atoms with Crippen molar-refractivity contribution in [3.8, 4) is 0 Å². The Balaban J connectivity index is 2.39. The molecule has 0 saturated carbocycles. The van der Waals surface area contributed by atoms with Crippen LogP contribution in [0.15, 0.2) is 29.2 Å². The minimum absolute atomic E-state index is 0.0384. The Morgan fingerprint density at radius 1 is 1.17 bits per heavy atom. The fraction of sp³-hybridized carbons (Fsp3) is 0.474. The third kappa shape index (κ3) is 4.22. The van der Waals surface area contributed by atoms with Gasteiger partial charge in [-0.15, -0.1) is 0 Å². The molecule has 24 heavy (non-hydrogen) atoms. The van der Waals surface area contributed by atoms with Gasteiger partial charge in [-0.1, -0.05) is 32.6 Å². The number of esters is 1. The van der Waals surface area contributed by atoms with Crippen molar-refractivity contribution in [2.75, 3.05) is 6.61 Å². The van der Waals surface area contributed by atoms with Crippen molar-refractivity contribution >= 4 is 16.9 Å². The van der Waals surface area contributed by atoms with Crippen LogP contribution in [0.2, 0.25) is 0 Å². The maximum atomic E-state index is 13.6. The summed E-state index contributed by atoms with van der Waals surface area (Å²) >= 11 is 0. The molecule has 0 radical (unpaired) electrons. The number of halogens is 1. The lowest BCUT2D eigenvalue weighted by Gasteiger charge is -2.13. The van der Waals surface area contributed by atoms with Gasteiger partial charge in [0.25, 0.3) is 0 Å². The van der Waals surface area contributed by atoms with Gasteiger partial charge in [-0.3, -0.25) is 4.79 Å². The Morgan fingerprint density at radius 3 is 2.62 bits per heavy atom. The Bertz CT molecular complexity index is 767. The van der Waals surface area contributed by atoms with Gasteiger partial charge < -0.3 is 9.30 Å². The van der Waals surface area contributed by atoms with E-state index in [4.69, 9.17) is 4.74 Å². The highest BCUT2D eigenvalue weighted by atomic mass is 19.1. The summed E-state index contributed by atoms with van der Waals surface area (Å²) in [5.74, 6) is -1.15. The van der Waals surface area contributed by atoms with Crippen molar-refractivity contribution in [3.63, 3.8) is 0 Å². The molecule has 0 unspecified atom stereocenters. The van der Waals surface area contributed by atoms with Crippen molar-refractivity contribution in [2.24, 2.45) is 0 Å². The number of carbonyl (C=O) groups excluding carboxylic acids is 1. The summed E-state index contributed by atoms with van der Waals surface area (Å²) in [6, 6.07) is 4.11. The van der Waals surface area contributed by atoms with E-state index in [0.29, 0.717) is 12.1 Å². The number of hydrogen-bond acceptors (Lipinski definition) is 3. The number of fused-ring (bicyclic) bond motifs is 1. The summed E-state index contributed by atoms with van der Waals surface area (Å²) in [4.78, 5) is 24.5. The van der Waals surface area contributed by atoms with E-state index >= 15 is 0 Å². The molecule has 2 aromatic rings. The molecular weight excluding hydrogens is 309 g/mol. The first-order valence-electron chi connectivity index (χ1n) is 8.58. The summed E-state index contributed by atoms with van der Waals surface area (Å²) in [5.41, 5.74) is 0.124. The van der Waals surface area contributed by atoms with E-state index in [1.807, 2.05) is 4.57 Å².